The lowest BCUT2D eigenvalue weighted by molar-refractivity contribution is 0.290. The molecule has 1 aromatic heterocycles. The molecule has 0 amide bonds. The summed E-state index contributed by atoms with van der Waals surface area (Å²) in [6.07, 6.45) is 0. The normalized spacial score (nSPS) is 12.4. The maximum absolute atomic E-state index is 6.12. The summed E-state index contributed by atoms with van der Waals surface area (Å²) in [6.45, 7) is 1.61. The highest BCUT2D eigenvalue weighted by Gasteiger charge is 2.13. The van der Waals surface area contributed by atoms with Gasteiger partial charge in [0.1, 0.15) is 5.75 Å². The van der Waals surface area contributed by atoms with E-state index in [2.05, 4.69) is 59.2 Å². The van der Waals surface area contributed by atoms with Crippen molar-refractivity contribution in [2.45, 2.75) is 5.92 Å². The molecule has 3 aromatic rings. The van der Waals surface area contributed by atoms with Crippen LogP contribution in [0.5, 0.6) is 5.75 Å². The van der Waals surface area contributed by atoms with Crippen LogP contribution in [-0.2, 0) is 0 Å². The summed E-state index contributed by atoms with van der Waals surface area (Å²) in [4.78, 5) is 1.37. The first-order valence-electron chi connectivity index (χ1n) is 7.17. The fourth-order valence-corrected chi connectivity index (χ4v) is 3.34. The largest absolute Gasteiger partial charge is 0.492 e. The zero-order valence-corrected chi connectivity index (χ0v) is 12.9. The molecule has 0 radical (unpaired) electrons. The second-order valence-corrected chi connectivity index (χ2v) is 6.04. The van der Waals surface area contributed by atoms with E-state index < -0.39 is 0 Å². The van der Waals surface area contributed by atoms with E-state index in [1.54, 1.807) is 11.3 Å². The zero-order valence-electron chi connectivity index (χ0n) is 12.1. The number of fused-ring (bicyclic) bond motifs is 1. The Balaban J connectivity index is 1.78. The summed E-state index contributed by atoms with van der Waals surface area (Å²) in [5.41, 5.74) is 0. The molecule has 1 N–H and O–H groups in total. The maximum Gasteiger partial charge on any atom is 0.127 e. The number of likely N-dealkylation sites (N-methyl/N-ethyl adjacent to an activating group) is 1. The first kappa shape index (κ1) is 14.1. The molecular formula is C18H19NOS. The second-order valence-electron chi connectivity index (χ2n) is 5.06. The van der Waals surface area contributed by atoms with Crippen molar-refractivity contribution in [3.63, 3.8) is 0 Å². The van der Waals surface area contributed by atoms with Gasteiger partial charge in [0.05, 0.1) is 6.61 Å². The fourth-order valence-electron chi connectivity index (χ4n) is 2.52. The number of nitrogens with one attached hydrogen (secondary N) is 1. The van der Waals surface area contributed by atoms with E-state index in [9.17, 15) is 0 Å². The summed E-state index contributed by atoms with van der Waals surface area (Å²) in [7, 11) is 1.98. The molecular weight excluding hydrogens is 278 g/mol. The van der Waals surface area contributed by atoms with E-state index in [4.69, 9.17) is 4.74 Å². The van der Waals surface area contributed by atoms with Gasteiger partial charge in [-0.05, 0) is 29.9 Å². The number of ether oxygens (including phenoxy) is 1. The minimum atomic E-state index is 0.383. The topological polar surface area (TPSA) is 21.3 Å². The molecule has 0 aliphatic heterocycles. The molecule has 1 atom stereocenters. The molecule has 3 heteroatoms. The van der Waals surface area contributed by atoms with Crippen LogP contribution in [0.3, 0.4) is 0 Å². The number of hydrogen-bond donors (Lipinski definition) is 1. The van der Waals surface area contributed by atoms with Crippen molar-refractivity contribution in [2.24, 2.45) is 0 Å². The average molecular weight is 297 g/mol. The molecule has 2 aromatic carbocycles. The van der Waals surface area contributed by atoms with Crippen molar-refractivity contribution < 1.29 is 4.74 Å². The van der Waals surface area contributed by atoms with Crippen LogP contribution in [0.4, 0.5) is 0 Å². The number of thiophene rings is 1. The quantitative estimate of drug-likeness (QED) is 0.733. The van der Waals surface area contributed by atoms with Crippen molar-refractivity contribution >= 4 is 22.1 Å². The number of rotatable bonds is 6. The highest BCUT2D eigenvalue weighted by molar-refractivity contribution is 7.10. The molecule has 0 fully saturated rings. The lowest BCUT2D eigenvalue weighted by atomic mass is 10.1. The van der Waals surface area contributed by atoms with Crippen LogP contribution in [0.2, 0.25) is 0 Å². The molecule has 1 heterocycles. The summed E-state index contributed by atoms with van der Waals surface area (Å²) in [6, 6.07) is 18.8. The molecule has 108 valence electrons. The second kappa shape index (κ2) is 6.74. The summed E-state index contributed by atoms with van der Waals surface area (Å²) in [5.74, 6) is 1.35. The van der Waals surface area contributed by atoms with Crippen LogP contribution < -0.4 is 10.1 Å². The van der Waals surface area contributed by atoms with Crippen LogP contribution >= 0.6 is 11.3 Å². The van der Waals surface area contributed by atoms with E-state index in [1.807, 2.05) is 13.1 Å². The number of benzene rings is 2. The van der Waals surface area contributed by atoms with E-state index in [0.29, 0.717) is 12.5 Å². The zero-order chi connectivity index (χ0) is 14.5. The standard InChI is InChI=1S/C18H19NOS/c1-19-12-15(18-10-5-11-21-18)13-20-17-9-4-7-14-6-2-3-8-16(14)17/h2-11,15,19H,12-13H2,1H3/t15-/m0/s1. The number of hydrogen-bond acceptors (Lipinski definition) is 3. The van der Waals surface area contributed by atoms with Gasteiger partial charge in [-0.1, -0.05) is 42.5 Å². The van der Waals surface area contributed by atoms with Gasteiger partial charge < -0.3 is 10.1 Å². The Morgan fingerprint density at radius 2 is 1.90 bits per heavy atom. The Morgan fingerprint density at radius 1 is 1.05 bits per heavy atom. The first-order valence-corrected chi connectivity index (χ1v) is 8.05. The van der Waals surface area contributed by atoms with Crippen LogP contribution in [-0.4, -0.2) is 20.2 Å². The van der Waals surface area contributed by atoms with Crippen molar-refractivity contribution in [2.75, 3.05) is 20.2 Å². The highest BCUT2D eigenvalue weighted by Crippen LogP contribution is 2.27. The molecule has 2 nitrogen and oxygen atoms in total. The van der Waals surface area contributed by atoms with Gasteiger partial charge >= 0.3 is 0 Å². The van der Waals surface area contributed by atoms with Gasteiger partial charge in [-0.3, -0.25) is 0 Å². The third kappa shape index (κ3) is 3.26. The van der Waals surface area contributed by atoms with Crippen molar-refractivity contribution in [1.82, 2.24) is 5.32 Å². The van der Waals surface area contributed by atoms with Crippen LogP contribution in [0, 0.1) is 0 Å². The van der Waals surface area contributed by atoms with Crippen LogP contribution in [0.15, 0.2) is 60.0 Å². The average Bonchev–Trinajstić information content (AvgIpc) is 3.05. The smallest absolute Gasteiger partial charge is 0.127 e. The Hall–Kier alpha value is -1.84. The third-order valence-electron chi connectivity index (χ3n) is 3.59. The summed E-state index contributed by atoms with van der Waals surface area (Å²) >= 11 is 1.79. The molecule has 0 aliphatic rings. The Morgan fingerprint density at radius 3 is 2.71 bits per heavy atom. The van der Waals surface area contributed by atoms with Gasteiger partial charge in [0.2, 0.25) is 0 Å². The van der Waals surface area contributed by atoms with E-state index in [1.165, 1.54) is 15.6 Å². The molecule has 0 spiro atoms. The minimum Gasteiger partial charge on any atom is -0.492 e. The minimum absolute atomic E-state index is 0.383. The van der Waals surface area contributed by atoms with Gasteiger partial charge in [-0.25, -0.2) is 0 Å². The molecule has 3 rings (SSSR count). The first-order chi connectivity index (χ1) is 10.4. The van der Waals surface area contributed by atoms with Gasteiger partial charge in [0, 0.05) is 22.7 Å². The van der Waals surface area contributed by atoms with Crippen molar-refractivity contribution in [1.29, 1.82) is 0 Å². The third-order valence-corrected chi connectivity index (χ3v) is 4.62. The van der Waals surface area contributed by atoms with Crippen molar-refractivity contribution in [3.8, 4) is 5.75 Å². The van der Waals surface area contributed by atoms with E-state index in [-0.39, 0.29) is 0 Å². The van der Waals surface area contributed by atoms with Crippen LogP contribution in [0.25, 0.3) is 10.8 Å². The predicted molar refractivity (Wildman–Crippen MR) is 90.4 cm³/mol. The lowest BCUT2D eigenvalue weighted by Crippen LogP contribution is -2.22. The van der Waals surface area contributed by atoms with E-state index >= 15 is 0 Å². The Bertz CT molecular complexity index is 688. The lowest BCUT2D eigenvalue weighted by Gasteiger charge is -2.17. The Labute approximate surface area is 129 Å². The highest BCUT2D eigenvalue weighted by atomic mass is 32.1. The Kier molecular flexibility index (Phi) is 4.53. The van der Waals surface area contributed by atoms with Gasteiger partial charge in [0.25, 0.3) is 0 Å². The van der Waals surface area contributed by atoms with E-state index in [0.717, 1.165) is 12.3 Å². The monoisotopic (exact) mass is 297 g/mol. The summed E-state index contributed by atoms with van der Waals surface area (Å²) < 4.78 is 6.12. The van der Waals surface area contributed by atoms with Gasteiger partial charge in [-0.2, -0.15) is 0 Å². The summed E-state index contributed by atoms with van der Waals surface area (Å²) in [5, 5.41) is 7.77. The van der Waals surface area contributed by atoms with Crippen molar-refractivity contribution in [3.05, 3.63) is 64.9 Å². The van der Waals surface area contributed by atoms with Gasteiger partial charge in [-0.15, -0.1) is 11.3 Å². The fraction of sp³-hybridized carbons (Fsp3) is 0.222. The molecule has 0 saturated carbocycles. The SMILES string of the molecule is CNC[C@@H](COc1cccc2ccccc12)c1cccs1. The molecule has 0 bridgehead atoms. The molecule has 21 heavy (non-hydrogen) atoms. The van der Waals surface area contributed by atoms with Crippen LogP contribution in [0.1, 0.15) is 10.8 Å². The molecule has 0 saturated heterocycles. The molecule has 0 unspecified atom stereocenters. The van der Waals surface area contributed by atoms with Gasteiger partial charge in [0.15, 0.2) is 0 Å². The molecule has 0 aliphatic carbocycles. The maximum atomic E-state index is 6.12. The predicted octanol–water partition coefficient (Wildman–Crippen LogP) is 4.28.